The van der Waals surface area contributed by atoms with E-state index in [0.29, 0.717) is 11.1 Å². The van der Waals surface area contributed by atoms with Crippen molar-refractivity contribution in [2.45, 2.75) is 12.7 Å². The van der Waals surface area contributed by atoms with E-state index in [2.05, 4.69) is 0 Å². The Balaban J connectivity index is 2.02. The number of aromatic hydroxyl groups is 1. The second-order valence-electron chi connectivity index (χ2n) is 5.09. The van der Waals surface area contributed by atoms with Crippen LogP contribution in [0.2, 0.25) is 5.02 Å². The topological polar surface area (TPSA) is 25.2 Å². The van der Waals surface area contributed by atoms with Gasteiger partial charge in [0.15, 0.2) is 11.6 Å². The molecule has 0 aliphatic carbocycles. The molecule has 2 nitrogen and oxygen atoms in total. The van der Waals surface area contributed by atoms with Crippen molar-refractivity contribution in [2.75, 3.05) is 0 Å². The van der Waals surface area contributed by atoms with Crippen molar-refractivity contribution in [1.29, 1.82) is 0 Å². The molecule has 0 spiro atoms. The number of hydrogen-bond acceptors (Lipinski definition) is 1. The molecule has 2 aromatic carbocycles. The van der Waals surface area contributed by atoms with Gasteiger partial charge in [0.25, 0.3) is 0 Å². The van der Waals surface area contributed by atoms with E-state index in [9.17, 15) is 22.7 Å². The molecule has 0 saturated carbocycles. The number of fused-ring (bicyclic) bond motifs is 1. The van der Waals surface area contributed by atoms with Crippen LogP contribution in [-0.2, 0) is 12.7 Å². The van der Waals surface area contributed by atoms with Crippen molar-refractivity contribution in [1.82, 2.24) is 4.57 Å². The van der Waals surface area contributed by atoms with Gasteiger partial charge >= 0.3 is 6.18 Å². The fraction of sp³-hybridized carbons (Fsp3) is 0.125. The SMILES string of the molecule is Oc1ccc2c(ccn2Cc2ccc(Cl)c(C(F)(F)F)c2)c1F. The van der Waals surface area contributed by atoms with Gasteiger partial charge in [-0.3, -0.25) is 0 Å². The number of aromatic nitrogens is 1. The van der Waals surface area contributed by atoms with Crippen molar-refractivity contribution in [2.24, 2.45) is 0 Å². The van der Waals surface area contributed by atoms with E-state index in [-0.39, 0.29) is 17.0 Å². The highest BCUT2D eigenvalue weighted by molar-refractivity contribution is 6.31. The van der Waals surface area contributed by atoms with Crippen LogP contribution in [0.1, 0.15) is 11.1 Å². The van der Waals surface area contributed by atoms with Gasteiger partial charge < -0.3 is 9.67 Å². The van der Waals surface area contributed by atoms with Crippen molar-refractivity contribution in [3.05, 3.63) is 64.6 Å². The number of alkyl halides is 3. The molecule has 0 amide bonds. The van der Waals surface area contributed by atoms with E-state index >= 15 is 0 Å². The molecule has 0 fully saturated rings. The van der Waals surface area contributed by atoms with Gasteiger partial charge in [-0.1, -0.05) is 17.7 Å². The van der Waals surface area contributed by atoms with Crippen molar-refractivity contribution in [3.63, 3.8) is 0 Å². The minimum atomic E-state index is -4.54. The molecule has 3 rings (SSSR count). The molecule has 120 valence electrons. The number of phenols is 1. The summed E-state index contributed by atoms with van der Waals surface area (Å²) < 4.78 is 54.1. The first-order valence-electron chi connectivity index (χ1n) is 6.59. The number of rotatable bonds is 2. The first kappa shape index (κ1) is 15.7. The normalized spacial score (nSPS) is 12.0. The quantitative estimate of drug-likeness (QED) is 0.635. The van der Waals surface area contributed by atoms with Gasteiger partial charge in [0, 0.05) is 18.1 Å². The maximum atomic E-state index is 13.8. The molecular formula is C16H10ClF4NO. The van der Waals surface area contributed by atoms with Crippen LogP contribution >= 0.6 is 11.6 Å². The lowest BCUT2D eigenvalue weighted by Gasteiger charge is -2.12. The zero-order valence-electron chi connectivity index (χ0n) is 11.5. The minimum absolute atomic E-state index is 0.119. The third kappa shape index (κ3) is 2.86. The summed E-state index contributed by atoms with van der Waals surface area (Å²) >= 11 is 5.59. The monoisotopic (exact) mass is 343 g/mol. The van der Waals surface area contributed by atoms with Gasteiger partial charge in [0.1, 0.15) is 0 Å². The molecule has 23 heavy (non-hydrogen) atoms. The number of nitrogens with zero attached hydrogens (tertiary/aromatic N) is 1. The molecule has 0 radical (unpaired) electrons. The molecule has 1 aromatic heterocycles. The number of benzene rings is 2. The Morgan fingerprint density at radius 2 is 1.83 bits per heavy atom. The van der Waals surface area contributed by atoms with Crippen LogP contribution in [0.3, 0.4) is 0 Å². The smallest absolute Gasteiger partial charge is 0.417 e. The van der Waals surface area contributed by atoms with Crippen LogP contribution in [0.4, 0.5) is 17.6 Å². The molecule has 0 unspecified atom stereocenters. The fourth-order valence-electron chi connectivity index (χ4n) is 2.45. The van der Waals surface area contributed by atoms with Crippen LogP contribution in [0.5, 0.6) is 5.75 Å². The molecule has 0 bridgehead atoms. The summed E-state index contributed by atoms with van der Waals surface area (Å²) in [5, 5.41) is 9.19. The summed E-state index contributed by atoms with van der Waals surface area (Å²) in [6.45, 7) is 0.119. The van der Waals surface area contributed by atoms with E-state index in [1.54, 1.807) is 10.8 Å². The van der Waals surface area contributed by atoms with Crippen LogP contribution in [0, 0.1) is 5.82 Å². The molecule has 1 heterocycles. The van der Waals surface area contributed by atoms with Crippen LogP contribution in [-0.4, -0.2) is 9.67 Å². The lowest BCUT2D eigenvalue weighted by atomic mass is 10.1. The maximum absolute atomic E-state index is 13.8. The molecule has 0 aliphatic rings. The van der Waals surface area contributed by atoms with E-state index in [1.807, 2.05) is 0 Å². The summed E-state index contributed by atoms with van der Waals surface area (Å²) in [5.41, 5.74) is -0.0477. The highest BCUT2D eigenvalue weighted by Crippen LogP contribution is 2.35. The molecule has 7 heteroatoms. The van der Waals surface area contributed by atoms with Gasteiger partial charge in [-0.05, 0) is 35.9 Å². The molecule has 1 N–H and O–H groups in total. The third-order valence-electron chi connectivity index (χ3n) is 3.56. The van der Waals surface area contributed by atoms with Crippen LogP contribution in [0.15, 0.2) is 42.6 Å². The molecule has 0 aliphatic heterocycles. The first-order valence-corrected chi connectivity index (χ1v) is 6.97. The van der Waals surface area contributed by atoms with E-state index in [0.717, 1.165) is 6.07 Å². The third-order valence-corrected chi connectivity index (χ3v) is 3.89. The Morgan fingerprint density at radius 3 is 2.52 bits per heavy atom. The molecular weight excluding hydrogens is 334 g/mol. The summed E-state index contributed by atoms with van der Waals surface area (Å²) in [5.74, 6) is -1.23. The zero-order chi connectivity index (χ0) is 16.8. The number of phenolic OH excluding ortho intramolecular Hbond substituents is 1. The van der Waals surface area contributed by atoms with Gasteiger partial charge in [-0.15, -0.1) is 0 Å². The summed E-state index contributed by atoms with van der Waals surface area (Å²) in [6, 6.07) is 7.83. The van der Waals surface area contributed by atoms with E-state index < -0.39 is 23.3 Å². The van der Waals surface area contributed by atoms with Crippen molar-refractivity contribution >= 4 is 22.5 Å². The molecule has 0 saturated heterocycles. The summed E-state index contributed by atoms with van der Waals surface area (Å²) in [4.78, 5) is 0. The lowest BCUT2D eigenvalue weighted by molar-refractivity contribution is -0.137. The van der Waals surface area contributed by atoms with Gasteiger partial charge in [-0.2, -0.15) is 13.2 Å². The van der Waals surface area contributed by atoms with Crippen molar-refractivity contribution < 1.29 is 22.7 Å². The summed E-state index contributed by atoms with van der Waals surface area (Å²) in [7, 11) is 0. The second-order valence-corrected chi connectivity index (χ2v) is 5.49. The Hall–Kier alpha value is -2.21. The molecule has 3 aromatic rings. The van der Waals surface area contributed by atoms with Crippen LogP contribution < -0.4 is 0 Å². The Bertz CT molecular complexity index is 886. The second kappa shape index (κ2) is 5.45. The standard InChI is InChI=1S/C16H10ClF4NO/c17-12-2-1-9(7-11(12)16(19,20)21)8-22-6-5-10-13(22)3-4-14(23)15(10)18/h1-7,23H,8H2. The highest BCUT2D eigenvalue weighted by atomic mass is 35.5. The Kier molecular flexibility index (Phi) is 3.72. The Morgan fingerprint density at radius 1 is 1.09 bits per heavy atom. The average Bonchev–Trinajstić information content (AvgIpc) is 2.87. The van der Waals surface area contributed by atoms with Crippen molar-refractivity contribution in [3.8, 4) is 5.75 Å². The number of halogens is 5. The van der Waals surface area contributed by atoms with Gasteiger partial charge in [0.05, 0.1) is 16.1 Å². The number of hydrogen-bond donors (Lipinski definition) is 1. The van der Waals surface area contributed by atoms with Crippen LogP contribution in [0.25, 0.3) is 10.9 Å². The maximum Gasteiger partial charge on any atom is 0.417 e. The van der Waals surface area contributed by atoms with E-state index in [1.165, 1.54) is 30.3 Å². The van der Waals surface area contributed by atoms with E-state index in [4.69, 9.17) is 11.6 Å². The lowest BCUT2D eigenvalue weighted by Crippen LogP contribution is -2.07. The first-order chi connectivity index (χ1) is 10.8. The highest BCUT2D eigenvalue weighted by Gasteiger charge is 2.33. The zero-order valence-corrected chi connectivity index (χ0v) is 12.3. The summed E-state index contributed by atoms with van der Waals surface area (Å²) in [6.07, 6.45) is -2.99. The fourth-order valence-corrected chi connectivity index (χ4v) is 2.67. The molecule has 0 atom stereocenters. The average molecular weight is 344 g/mol. The van der Waals surface area contributed by atoms with Gasteiger partial charge in [0.2, 0.25) is 0 Å². The van der Waals surface area contributed by atoms with Gasteiger partial charge in [-0.25, -0.2) is 4.39 Å². The predicted molar refractivity (Wildman–Crippen MR) is 79.1 cm³/mol. The Labute approximate surface area is 133 Å². The predicted octanol–water partition coefficient (Wildman–Crippen LogP) is 5.21. The largest absolute Gasteiger partial charge is 0.505 e. The minimum Gasteiger partial charge on any atom is -0.505 e.